The first-order valence-corrected chi connectivity index (χ1v) is 5.37. The second kappa shape index (κ2) is 3.80. The van der Waals surface area contributed by atoms with Crippen molar-refractivity contribution in [3.8, 4) is 11.4 Å². The third kappa shape index (κ3) is 2.41. The number of anilines is 1. The first kappa shape index (κ1) is 11.5. The molecular weight excluding hydrogens is 216 g/mol. The van der Waals surface area contributed by atoms with Gasteiger partial charge in [0.15, 0.2) is 5.82 Å². The van der Waals surface area contributed by atoms with Crippen LogP contribution in [0.15, 0.2) is 12.4 Å². The first-order chi connectivity index (χ1) is 7.86. The summed E-state index contributed by atoms with van der Waals surface area (Å²) in [4.78, 5) is 12.7. The van der Waals surface area contributed by atoms with Crippen molar-refractivity contribution in [3.63, 3.8) is 0 Å². The maximum absolute atomic E-state index is 5.71. The summed E-state index contributed by atoms with van der Waals surface area (Å²) in [5.74, 6) is 1.49. The SMILES string of the molecule is Cn1cc(-c2nc(N)nc(C(C)(C)C)n2)cn1. The van der Waals surface area contributed by atoms with Crippen LogP contribution in [0.5, 0.6) is 0 Å². The lowest BCUT2D eigenvalue weighted by atomic mass is 9.96. The van der Waals surface area contributed by atoms with Crippen LogP contribution in [0.25, 0.3) is 11.4 Å². The Hall–Kier alpha value is -1.98. The van der Waals surface area contributed by atoms with Gasteiger partial charge in [-0.25, -0.2) is 4.98 Å². The summed E-state index contributed by atoms with van der Waals surface area (Å²) in [6.07, 6.45) is 3.56. The molecule has 2 aromatic rings. The summed E-state index contributed by atoms with van der Waals surface area (Å²) in [5.41, 5.74) is 6.39. The predicted molar refractivity (Wildman–Crippen MR) is 65.1 cm³/mol. The van der Waals surface area contributed by atoms with E-state index < -0.39 is 0 Å². The zero-order valence-electron chi connectivity index (χ0n) is 10.5. The number of hydrogen-bond donors (Lipinski definition) is 1. The molecule has 2 aromatic heterocycles. The predicted octanol–water partition coefficient (Wildman–Crippen LogP) is 1.15. The molecule has 17 heavy (non-hydrogen) atoms. The van der Waals surface area contributed by atoms with Crippen LogP contribution in [0.4, 0.5) is 5.95 Å². The third-order valence-corrected chi connectivity index (χ3v) is 2.29. The Bertz CT molecular complexity index is 537. The van der Waals surface area contributed by atoms with Crippen molar-refractivity contribution in [2.75, 3.05) is 5.73 Å². The van der Waals surface area contributed by atoms with Gasteiger partial charge >= 0.3 is 0 Å². The highest BCUT2D eigenvalue weighted by Crippen LogP contribution is 2.21. The van der Waals surface area contributed by atoms with E-state index in [1.54, 1.807) is 10.9 Å². The minimum absolute atomic E-state index is 0.159. The van der Waals surface area contributed by atoms with Crippen LogP contribution in [0, 0.1) is 0 Å². The summed E-state index contributed by atoms with van der Waals surface area (Å²) < 4.78 is 1.70. The fourth-order valence-electron chi connectivity index (χ4n) is 1.39. The number of aromatic nitrogens is 5. The molecule has 2 heterocycles. The zero-order chi connectivity index (χ0) is 12.6. The van der Waals surface area contributed by atoms with Gasteiger partial charge in [-0.05, 0) is 0 Å². The molecule has 6 nitrogen and oxygen atoms in total. The molecule has 0 radical (unpaired) electrons. The van der Waals surface area contributed by atoms with Crippen molar-refractivity contribution in [1.29, 1.82) is 0 Å². The van der Waals surface area contributed by atoms with Gasteiger partial charge in [-0.1, -0.05) is 20.8 Å². The molecule has 0 unspecified atom stereocenters. The molecule has 0 saturated carbocycles. The molecule has 6 heteroatoms. The Morgan fingerprint density at radius 2 is 1.88 bits per heavy atom. The summed E-state index contributed by atoms with van der Waals surface area (Å²) >= 11 is 0. The van der Waals surface area contributed by atoms with Gasteiger partial charge in [-0.15, -0.1) is 0 Å². The van der Waals surface area contributed by atoms with Gasteiger partial charge in [0.05, 0.1) is 11.8 Å². The van der Waals surface area contributed by atoms with E-state index in [1.165, 1.54) is 0 Å². The molecule has 0 aliphatic heterocycles. The maximum Gasteiger partial charge on any atom is 0.223 e. The maximum atomic E-state index is 5.71. The van der Waals surface area contributed by atoms with Crippen LogP contribution >= 0.6 is 0 Å². The minimum Gasteiger partial charge on any atom is -0.368 e. The van der Waals surface area contributed by atoms with Crippen molar-refractivity contribution in [2.24, 2.45) is 7.05 Å². The van der Waals surface area contributed by atoms with Crippen LogP contribution in [0.1, 0.15) is 26.6 Å². The van der Waals surface area contributed by atoms with Gasteiger partial charge in [-0.2, -0.15) is 15.1 Å². The van der Waals surface area contributed by atoms with Crippen molar-refractivity contribution in [2.45, 2.75) is 26.2 Å². The monoisotopic (exact) mass is 232 g/mol. The van der Waals surface area contributed by atoms with Crippen molar-refractivity contribution >= 4 is 5.95 Å². The van der Waals surface area contributed by atoms with Crippen LogP contribution in [-0.2, 0) is 12.5 Å². The molecule has 0 aliphatic rings. The molecule has 0 spiro atoms. The highest BCUT2D eigenvalue weighted by molar-refractivity contribution is 5.53. The average Bonchev–Trinajstić information content (AvgIpc) is 2.62. The number of hydrogen-bond acceptors (Lipinski definition) is 5. The Kier molecular flexibility index (Phi) is 2.57. The second-order valence-corrected chi connectivity index (χ2v) is 4.99. The highest BCUT2D eigenvalue weighted by atomic mass is 15.2. The van der Waals surface area contributed by atoms with Gasteiger partial charge in [0, 0.05) is 18.7 Å². The Morgan fingerprint density at radius 1 is 1.18 bits per heavy atom. The standard InChI is InChI=1S/C11H16N6/c1-11(2,3)9-14-8(15-10(12)16-9)7-5-13-17(4)6-7/h5-6H,1-4H3,(H2,12,14,15,16). The average molecular weight is 232 g/mol. The molecule has 0 bridgehead atoms. The van der Waals surface area contributed by atoms with Crippen LogP contribution in [0.2, 0.25) is 0 Å². The summed E-state index contributed by atoms with van der Waals surface area (Å²) in [7, 11) is 1.85. The van der Waals surface area contributed by atoms with E-state index in [1.807, 2.05) is 34.0 Å². The van der Waals surface area contributed by atoms with Gasteiger partial charge < -0.3 is 5.73 Å². The lowest BCUT2D eigenvalue weighted by Crippen LogP contribution is -2.18. The highest BCUT2D eigenvalue weighted by Gasteiger charge is 2.20. The van der Waals surface area contributed by atoms with Gasteiger partial charge in [0.25, 0.3) is 0 Å². The van der Waals surface area contributed by atoms with Gasteiger partial charge in [0.1, 0.15) is 5.82 Å². The number of nitrogens with zero attached hydrogens (tertiary/aromatic N) is 5. The van der Waals surface area contributed by atoms with E-state index in [-0.39, 0.29) is 11.4 Å². The molecule has 0 amide bonds. The quantitative estimate of drug-likeness (QED) is 0.797. The fourth-order valence-corrected chi connectivity index (χ4v) is 1.39. The molecule has 0 fully saturated rings. The van der Waals surface area contributed by atoms with E-state index in [9.17, 15) is 0 Å². The number of rotatable bonds is 1. The number of nitrogens with two attached hydrogens (primary N) is 1. The van der Waals surface area contributed by atoms with Crippen molar-refractivity contribution in [1.82, 2.24) is 24.7 Å². The lowest BCUT2D eigenvalue weighted by Gasteiger charge is -2.16. The molecule has 0 atom stereocenters. The molecule has 2 rings (SSSR count). The van der Waals surface area contributed by atoms with E-state index in [2.05, 4.69) is 20.1 Å². The van der Waals surface area contributed by atoms with E-state index in [4.69, 9.17) is 5.73 Å². The Morgan fingerprint density at radius 3 is 2.41 bits per heavy atom. The smallest absolute Gasteiger partial charge is 0.223 e. The van der Waals surface area contributed by atoms with E-state index in [0.29, 0.717) is 11.6 Å². The normalized spacial score (nSPS) is 11.8. The summed E-state index contributed by atoms with van der Waals surface area (Å²) in [5, 5.41) is 4.09. The molecule has 90 valence electrons. The van der Waals surface area contributed by atoms with Crippen LogP contribution in [0.3, 0.4) is 0 Å². The van der Waals surface area contributed by atoms with E-state index >= 15 is 0 Å². The second-order valence-electron chi connectivity index (χ2n) is 4.99. The van der Waals surface area contributed by atoms with Gasteiger partial charge in [0.2, 0.25) is 5.95 Å². The number of nitrogen functional groups attached to an aromatic ring is 1. The summed E-state index contributed by atoms with van der Waals surface area (Å²) in [6.45, 7) is 6.11. The van der Waals surface area contributed by atoms with Gasteiger partial charge in [-0.3, -0.25) is 4.68 Å². The van der Waals surface area contributed by atoms with E-state index in [0.717, 1.165) is 5.56 Å². The molecule has 0 aromatic carbocycles. The number of aryl methyl sites for hydroxylation is 1. The first-order valence-electron chi connectivity index (χ1n) is 5.37. The zero-order valence-corrected chi connectivity index (χ0v) is 10.5. The Labute approximate surface area is 99.9 Å². The van der Waals surface area contributed by atoms with Crippen LogP contribution in [-0.4, -0.2) is 24.7 Å². The largest absolute Gasteiger partial charge is 0.368 e. The summed E-state index contributed by atoms with van der Waals surface area (Å²) in [6, 6.07) is 0. The fraction of sp³-hybridized carbons (Fsp3) is 0.455. The Balaban J connectivity index is 2.52. The molecule has 2 N–H and O–H groups in total. The minimum atomic E-state index is -0.159. The third-order valence-electron chi connectivity index (χ3n) is 2.29. The molecule has 0 aliphatic carbocycles. The van der Waals surface area contributed by atoms with Crippen molar-refractivity contribution in [3.05, 3.63) is 18.2 Å². The molecular formula is C11H16N6. The van der Waals surface area contributed by atoms with Crippen LogP contribution < -0.4 is 5.73 Å². The molecule has 0 saturated heterocycles. The lowest BCUT2D eigenvalue weighted by molar-refractivity contribution is 0.544. The van der Waals surface area contributed by atoms with Crippen molar-refractivity contribution < 1.29 is 0 Å². The topological polar surface area (TPSA) is 82.5 Å².